The van der Waals surface area contributed by atoms with Crippen LogP contribution in [0, 0.1) is 19.7 Å². The minimum Gasteiger partial charge on any atom is -0.497 e. The fraction of sp³-hybridized carbons (Fsp3) is 0.241. The van der Waals surface area contributed by atoms with Crippen molar-refractivity contribution in [1.29, 1.82) is 0 Å². The van der Waals surface area contributed by atoms with Crippen molar-refractivity contribution in [3.05, 3.63) is 88.0 Å². The number of halogens is 1. The Morgan fingerprint density at radius 2 is 1.85 bits per heavy atom. The molecule has 1 fully saturated rings. The Morgan fingerprint density at radius 3 is 2.51 bits per heavy atom. The first-order valence-electron chi connectivity index (χ1n) is 12.7. The van der Waals surface area contributed by atoms with Crippen LogP contribution in [0.2, 0.25) is 0 Å². The van der Waals surface area contributed by atoms with Gasteiger partial charge in [-0.15, -0.1) is 11.3 Å². The molecule has 3 aromatic carbocycles. The molecule has 0 unspecified atom stereocenters. The predicted molar refractivity (Wildman–Crippen MR) is 157 cm³/mol. The zero-order valence-electron chi connectivity index (χ0n) is 23.0. The van der Waals surface area contributed by atoms with E-state index >= 15 is 4.39 Å². The van der Waals surface area contributed by atoms with Gasteiger partial charge in [-0.3, -0.25) is 4.79 Å². The molecule has 5 rings (SSSR count). The number of hydrogen-bond donors (Lipinski definition) is 1. The molecule has 41 heavy (non-hydrogen) atoms. The van der Waals surface area contributed by atoms with Gasteiger partial charge in [-0.25, -0.2) is 18.4 Å². The molecular weight excluding hydrogens is 567 g/mol. The zero-order valence-corrected chi connectivity index (χ0v) is 24.6. The van der Waals surface area contributed by atoms with Crippen molar-refractivity contribution >= 4 is 38.3 Å². The number of rotatable bonds is 9. The van der Waals surface area contributed by atoms with Crippen LogP contribution in [-0.4, -0.2) is 40.0 Å². The van der Waals surface area contributed by atoms with Crippen LogP contribution in [0.4, 0.5) is 15.2 Å². The molecule has 1 N–H and O–H groups in total. The number of anilines is 2. The Morgan fingerprint density at radius 1 is 1.10 bits per heavy atom. The number of aryl methyl sites for hydroxylation is 2. The maximum Gasteiger partial charge on any atom is 0.326 e. The van der Waals surface area contributed by atoms with E-state index in [1.807, 2.05) is 42.0 Å². The maximum absolute atomic E-state index is 15.6. The van der Waals surface area contributed by atoms with Gasteiger partial charge in [0.25, 0.3) is 5.91 Å². The van der Waals surface area contributed by atoms with E-state index in [9.17, 15) is 13.2 Å². The van der Waals surface area contributed by atoms with Crippen molar-refractivity contribution in [2.75, 3.05) is 29.9 Å². The third-order valence-corrected chi connectivity index (χ3v) is 8.94. The Labute approximate surface area is 242 Å². The van der Waals surface area contributed by atoms with E-state index in [0.29, 0.717) is 15.6 Å². The molecule has 0 spiro atoms. The van der Waals surface area contributed by atoms with E-state index in [0.717, 1.165) is 27.5 Å². The Balaban J connectivity index is 1.43. The van der Waals surface area contributed by atoms with E-state index in [1.165, 1.54) is 23.0 Å². The lowest BCUT2D eigenvalue weighted by atomic mass is 10.0. The van der Waals surface area contributed by atoms with Crippen molar-refractivity contribution in [2.24, 2.45) is 0 Å². The van der Waals surface area contributed by atoms with Gasteiger partial charge in [0.05, 0.1) is 12.8 Å². The second-order valence-corrected chi connectivity index (χ2v) is 12.2. The molecule has 0 bridgehead atoms. The zero-order chi connectivity index (χ0) is 29.3. The Bertz CT molecular complexity index is 1710. The van der Waals surface area contributed by atoms with Crippen LogP contribution >= 0.6 is 11.3 Å². The molecule has 1 aromatic heterocycles. The van der Waals surface area contributed by atoms with E-state index in [-0.39, 0.29) is 24.6 Å². The molecule has 0 atom stereocenters. The number of amides is 1. The van der Waals surface area contributed by atoms with E-state index in [4.69, 9.17) is 14.5 Å². The molecule has 1 amide bonds. The molecule has 214 valence electrons. The van der Waals surface area contributed by atoms with Gasteiger partial charge in [0.1, 0.15) is 30.3 Å². The van der Waals surface area contributed by atoms with Gasteiger partial charge < -0.3 is 14.4 Å². The summed E-state index contributed by atoms with van der Waals surface area (Å²) in [6, 6.07) is 16.2. The molecule has 1 aliphatic rings. The standard InChI is InChI=1S/C29H29FN4O5S2/c1-18-5-10-23(19(2)11-18)25-17-40-29(31-25)33(3)14-21-12-24(30)28(34-15-27(35)32-41(34,36)37)26(13-21)39-16-20-6-8-22(38-4)9-7-20/h5-13,17H,14-16H2,1-4H3,(H,32,35). The van der Waals surface area contributed by atoms with Crippen LogP contribution in [0.1, 0.15) is 22.3 Å². The molecule has 4 aromatic rings. The molecule has 0 aliphatic carbocycles. The first kappa shape index (κ1) is 28.4. The van der Waals surface area contributed by atoms with Gasteiger partial charge in [0.15, 0.2) is 10.9 Å². The lowest BCUT2D eigenvalue weighted by Gasteiger charge is -2.22. The van der Waals surface area contributed by atoms with Crippen molar-refractivity contribution < 1.29 is 27.1 Å². The molecular formula is C29H29FN4O5S2. The number of thiazole rings is 1. The van der Waals surface area contributed by atoms with Crippen LogP contribution in [0.5, 0.6) is 11.5 Å². The smallest absolute Gasteiger partial charge is 0.326 e. The summed E-state index contributed by atoms with van der Waals surface area (Å²) in [6.45, 7) is 3.87. The normalized spacial score (nSPS) is 14.2. The molecule has 1 aliphatic heterocycles. The molecule has 12 heteroatoms. The highest BCUT2D eigenvalue weighted by Crippen LogP contribution is 2.37. The maximum atomic E-state index is 15.6. The van der Waals surface area contributed by atoms with Gasteiger partial charge in [-0.2, -0.15) is 8.42 Å². The summed E-state index contributed by atoms with van der Waals surface area (Å²) in [5.74, 6) is -0.908. The monoisotopic (exact) mass is 596 g/mol. The predicted octanol–water partition coefficient (Wildman–Crippen LogP) is 4.97. The van der Waals surface area contributed by atoms with Gasteiger partial charge in [0.2, 0.25) is 0 Å². The molecule has 9 nitrogen and oxygen atoms in total. The number of nitrogens with zero attached hydrogens (tertiary/aromatic N) is 3. The number of benzene rings is 3. The largest absolute Gasteiger partial charge is 0.497 e. The van der Waals surface area contributed by atoms with Crippen LogP contribution < -0.4 is 23.4 Å². The number of methoxy groups -OCH3 is 1. The summed E-state index contributed by atoms with van der Waals surface area (Å²) in [5.41, 5.74) is 5.19. The van der Waals surface area contributed by atoms with Crippen molar-refractivity contribution in [3.8, 4) is 22.8 Å². The van der Waals surface area contributed by atoms with Crippen molar-refractivity contribution in [3.63, 3.8) is 0 Å². The Kier molecular flexibility index (Phi) is 7.87. The van der Waals surface area contributed by atoms with Crippen molar-refractivity contribution in [1.82, 2.24) is 9.71 Å². The van der Waals surface area contributed by atoms with Crippen LogP contribution in [-0.2, 0) is 28.2 Å². The van der Waals surface area contributed by atoms with Gasteiger partial charge >= 0.3 is 10.2 Å². The second-order valence-electron chi connectivity index (χ2n) is 9.79. The lowest BCUT2D eigenvalue weighted by Crippen LogP contribution is -2.30. The first-order chi connectivity index (χ1) is 19.5. The van der Waals surface area contributed by atoms with Gasteiger partial charge in [-0.05, 0) is 54.8 Å². The average molecular weight is 597 g/mol. The Hall–Kier alpha value is -4.16. The van der Waals surface area contributed by atoms with Crippen LogP contribution in [0.3, 0.4) is 0 Å². The van der Waals surface area contributed by atoms with E-state index in [1.54, 1.807) is 37.4 Å². The molecule has 0 radical (unpaired) electrons. The highest BCUT2D eigenvalue weighted by atomic mass is 32.2. The molecule has 1 saturated heterocycles. The van der Waals surface area contributed by atoms with Gasteiger partial charge in [-0.1, -0.05) is 35.9 Å². The lowest BCUT2D eigenvalue weighted by molar-refractivity contribution is -0.117. The highest BCUT2D eigenvalue weighted by molar-refractivity contribution is 7.92. The van der Waals surface area contributed by atoms with Crippen LogP contribution in [0.25, 0.3) is 11.3 Å². The van der Waals surface area contributed by atoms with Gasteiger partial charge in [0, 0.05) is 24.5 Å². The molecule has 2 heterocycles. The number of ether oxygens (including phenoxy) is 2. The first-order valence-corrected chi connectivity index (χ1v) is 15.0. The SMILES string of the molecule is COc1ccc(COc2cc(CN(C)c3nc(-c4ccc(C)cc4C)cs3)cc(F)c2N2CC(=O)NS2(=O)=O)cc1. The quantitative estimate of drug-likeness (QED) is 0.291. The number of hydrogen-bond acceptors (Lipinski definition) is 8. The summed E-state index contributed by atoms with van der Waals surface area (Å²) in [4.78, 5) is 18.6. The highest BCUT2D eigenvalue weighted by Gasteiger charge is 2.38. The third kappa shape index (κ3) is 6.13. The fourth-order valence-corrected chi connectivity index (χ4v) is 6.56. The minimum atomic E-state index is -4.26. The summed E-state index contributed by atoms with van der Waals surface area (Å²) in [6.07, 6.45) is 0. The van der Waals surface area contributed by atoms with E-state index < -0.39 is 28.5 Å². The van der Waals surface area contributed by atoms with E-state index in [2.05, 4.69) is 12.1 Å². The minimum absolute atomic E-state index is 0.000555. The second kappa shape index (κ2) is 11.4. The average Bonchev–Trinajstić information content (AvgIpc) is 3.51. The molecule has 0 saturated carbocycles. The topological polar surface area (TPSA) is 101 Å². The van der Waals surface area contributed by atoms with Crippen molar-refractivity contribution in [2.45, 2.75) is 27.0 Å². The van der Waals surface area contributed by atoms with Crippen LogP contribution in [0.15, 0.2) is 60.0 Å². The summed E-state index contributed by atoms with van der Waals surface area (Å²) in [7, 11) is -0.847. The summed E-state index contributed by atoms with van der Waals surface area (Å²) in [5, 5.41) is 2.72. The number of carbonyl (C=O) groups excluding carboxylic acids is 1. The summed E-state index contributed by atoms with van der Waals surface area (Å²) < 4.78 is 54.5. The number of nitrogens with one attached hydrogen (secondary N) is 1. The number of carbonyl (C=O) groups is 1. The number of aromatic nitrogens is 1. The fourth-order valence-electron chi connectivity index (χ4n) is 4.61. The summed E-state index contributed by atoms with van der Waals surface area (Å²) >= 11 is 1.47. The third-order valence-electron chi connectivity index (χ3n) is 6.61.